The lowest BCUT2D eigenvalue weighted by atomic mass is 10.3. The van der Waals surface area contributed by atoms with Gasteiger partial charge in [-0.3, -0.25) is 14.3 Å². The predicted octanol–water partition coefficient (Wildman–Crippen LogP) is -0.786. The second-order valence-electron chi connectivity index (χ2n) is 3.64. The first-order chi connectivity index (χ1) is 8.60. The fourth-order valence-corrected chi connectivity index (χ4v) is 1.43. The second-order valence-corrected chi connectivity index (χ2v) is 3.64. The third-order valence-electron chi connectivity index (χ3n) is 2.27. The molecule has 0 saturated carbocycles. The molecule has 0 aliphatic heterocycles. The molecule has 0 aliphatic rings. The summed E-state index contributed by atoms with van der Waals surface area (Å²) in [5.74, 6) is -0.0716. The topological polar surface area (TPSA) is 119 Å². The van der Waals surface area contributed by atoms with Crippen LogP contribution in [-0.2, 0) is 13.6 Å². The monoisotopic (exact) mass is 248 g/mol. The van der Waals surface area contributed by atoms with Gasteiger partial charge in [-0.1, -0.05) is 0 Å². The molecule has 0 aliphatic carbocycles. The minimum absolute atomic E-state index is 0.100. The fraction of sp³-hybridized carbons (Fsp3) is 0.200. The van der Waals surface area contributed by atoms with Gasteiger partial charge in [0.2, 0.25) is 0 Å². The molecule has 2 heterocycles. The van der Waals surface area contributed by atoms with Gasteiger partial charge >= 0.3 is 0 Å². The SMILES string of the molecule is Cn1cc(CN)c(NC(=O)c2ccc(=O)[nH]n2)n1. The van der Waals surface area contributed by atoms with E-state index in [4.69, 9.17) is 5.73 Å². The summed E-state index contributed by atoms with van der Waals surface area (Å²) in [6.45, 7) is 0.266. The van der Waals surface area contributed by atoms with Gasteiger partial charge in [-0.2, -0.15) is 10.2 Å². The van der Waals surface area contributed by atoms with Gasteiger partial charge in [-0.05, 0) is 6.07 Å². The van der Waals surface area contributed by atoms with Crippen LogP contribution in [0, 0.1) is 0 Å². The van der Waals surface area contributed by atoms with Crippen LogP contribution in [0.3, 0.4) is 0 Å². The van der Waals surface area contributed by atoms with Crippen LogP contribution in [-0.4, -0.2) is 25.9 Å². The van der Waals surface area contributed by atoms with Crippen molar-refractivity contribution in [2.45, 2.75) is 6.54 Å². The Morgan fingerprint density at radius 1 is 1.56 bits per heavy atom. The lowest BCUT2D eigenvalue weighted by molar-refractivity contribution is 0.102. The highest BCUT2D eigenvalue weighted by molar-refractivity contribution is 6.02. The van der Waals surface area contributed by atoms with E-state index in [2.05, 4.69) is 20.6 Å². The Morgan fingerprint density at radius 3 is 2.94 bits per heavy atom. The van der Waals surface area contributed by atoms with E-state index < -0.39 is 5.91 Å². The smallest absolute Gasteiger partial charge is 0.277 e. The molecule has 1 amide bonds. The molecule has 8 heteroatoms. The lowest BCUT2D eigenvalue weighted by Crippen LogP contribution is -2.18. The predicted molar refractivity (Wildman–Crippen MR) is 63.9 cm³/mol. The fourth-order valence-electron chi connectivity index (χ4n) is 1.43. The van der Waals surface area contributed by atoms with Crippen LogP contribution >= 0.6 is 0 Å². The summed E-state index contributed by atoms with van der Waals surface area (Å²) in [7, 11) is 1.73. The van der Waals surface area contributed by atoms with Gasteiger partial charge in [-0.25, -0.2) is 5.10 Å². The minimum atomic E-state index is -0.459. The van der Waals surface area contributed by atoms with Crippen molar-refractivity contribution in [3.8, 4) is 0 Å². The zero-order valence-corrected chi connectivity index (χ0v) is 9.67. The third-order valence-corrected chi connectivity index (χ3v) is 2.27. The molecule has 0 saturated heterocycles. The number of nitrogens with one attached hydrogen (secondary N) is 2. The first-order valence-electron chi connectivity index (χ1n) is 5.20. The Kier molecular flexibility index (Phi) is 3.20. The van der Waals surface area contributed by atoms with Crippen molar-refractivity contribution >= 4 is 11.7 Å². The number of carbonyl (C=O) groups is 1. The van der Waals surface area contributed by atoms with Crippen LogP contribution in [0.1, 0.15) is 16.1 Å². The lowest BCUT2D eigenvalue weighted by Gasteiger charge is -2.02. The zero-order valence-electron chi connectivity index (χ0n) is 9.67. The van der Waals surface area contributed by atoms with E-state index >= 15 is 0 Å². The Labute approximate surface area is 102 Å². The van der Waals surface area contributed by atoms with Crippen molar-refractivity contribution in [2.24, 2.45) is 12.8 Å². The van der Waals surface area contributed by atoms with Crippen molar-refractivity contribution in [3.63, 3.8) is 0 Å². The number of anilines is 1. The van der Waals surface area contributed by atoms with Crippen LogP contribution in [0.4, 0.5) is 5.82 Å². The highest BCUT2D eigenvalue weighted by atomic mass is 16.2. The normalized spacial score (nSPS) is 10.3. The molecule has 0 bridgehead atoms. The number of aromatic amines is 1. The van der Waals surface area contributed by atoms with Gasteiger partial charge in [0.1, 0.15) is 5.69 Å². The van der Waals surface area contributed by atoms with Crippen molar-refractivity contribution in [3.05, 3.63) is 39.9 Å². The van der Waals surface area contributed by atoms with Gasteiger partial charge in [0.25, 0.3) is 11.5 Å². The molecule has 0 unspecified atom stereocenters. The Balaban J connectivity index is 2.20. The van der Waals surface area contributed by atoms with Gasteiger partial charge in [0.05, 0.1) is 0 Å². The largest absolute Gasteiger partial charge is 0.326 e. The summed E-state index contributed by atoms with van der Waals surface area (Å²) in [5, 5.41) is 12.5. The van der Waals surface area contributed by atoms with Crippen molar-refractivity contribution in [1.29, 1.82) is 0 Å². The summed E-state index contributed by atoms with van der Waals surface area (Å²) < 4.78 is 1.55. The molecule has 0 spiro atoms. The Bertz CT molecular complexity index is 609. The van der Waals surface area contributed by atoms with Gasteiger partial charge in [0, 0.05) is 31.4 Å². The van der Waals surface area contributed by atoms with E-state index in [-0.39, 0.29) is 17.8 Å². The van der Waals surface area contributed by atoms with Gasteiger partial charge < -0.3 is 11.1 Å². The van der Waals surface area contributed by atoms with Crippen molar-refractivity contribution < 1.29 is 4.79 Å². The van der Waals surface area contributed by atoms with Crippen LogP contribution < -0.4 is 16.6 Å². The van der Waals surface area contributed by atoms with Crippen LogP contribution in [0.5, 0.6) is 0 Å². The van der Waals surface area contributed by atoms with Gasteiger partial charge in [-0.15, -0.1) is 0 Å². The first kappa shape index (κ1) is 12.0. The number of aromatic nitrogens is 4. The summed E-state index contributed by atoms with van der Waals surface area (Å²) in [6, 6.07) is 2.56. The molecule has 8 nitrogen and oxygen atoms in total. The molecule has 0 radical (unpaired) electrons. The maximum absolute atomic E-state index is 11.8. The molecule has 2 aromatic rings. The van der Waals surface area contributed by atoms with E-state index in [1.807, 2.05) is 0 Å². The number of H-pyrrole nitrogens is 1. The number of carbonyl (C=O) groups excluding carboxylic acids is 1. The Morgan fingerprint density at radius 2 is 2.33 bits per heavy atom. The molecule has 0 aromatic carbocycles. The van der Waals surface area contributed by atoms with E-state index in [0.29, 0.717) is 5.82 Å². The number of amides is 1. The highest BCUT2D eigenvalue weighted by Gasteiger charge is 2.12. The molecule has 4 N–H and O–H groups in total. The summed E-state index contributed by atoms with van der Waals surface area (Å²) >= 11 is 0. The maximum atomic E-state index is 11.8. The molecular formula is C10H12N6O2. The standard InChI is InChI=1S/C10H12N6O2/c1-16-5-6(4-11)9(15-16)12-10(18)7-2-3-8(17)14-13-7/h2-3,5H,4,11H2,1H3,(H,14,17)(H,12,15,18). The first-order valence-corrected chi connectivity index (χ1v) is 5.20. The average Bonchev–Trinajstić information content (AvgIpc) is 2.70. The quantitative estimate of drug-likeness (QED) is 0.658. The molecule has 2 rings (SSSR count). The van der Waals surface area contributed by atoms with Crippen molar-refractivity contribution in [1.82, 2.24) is 20.0 Å². The minimum Gasteiger partial charge on any atom is -0.326 e. The summed E-state index contributed by atoms with van der Waals surface area (Å²) in [4.78, 5) is 22.6. The molecular weight excluding hydrogens is 236 g/mol. The molecule has 0 fully saturated rings. The third kappa shape index (κ3) is 2.43. The number of hydrogen-bond donors (Lipinski definition) is 3. The van der Waals surface area contributed by atoms with Crippen LogP contribution in [0.2, 0.25) is 0 Å². The summed E-state index contributed by atoms with van der Waals surface area (Å²) in [6.07, 6.45) is 1.72. The number of nitrogens with two attached hydrogens (primary N) is 1. The molecule has 18 heavy (non-hydrogen) atoms. The number of aryl methyl sites for hydroxylation is 1. The van der Waals surface area contributed by atoms with E-state index in [9.17, 15) is 9.59 Å². The number of nitrogens with zero attached hydrogens (tertiary/aromatic N) is 3. The maximum Gasteiger partial charge on any atom is 0.277 e. The molecule has 2 aromatic heterocycles. The molecule has 94 valence electrons. The number of hydrogen-bond acceptors (Lipinski definition) is 5. The number of rotatable bonds is 3. The Hall–Kier alpha value is -2.48. The van der Waals surface area contributed by atoms with Crippen molar-refractivity contribution in [2.75, 3.05) is 5.32 Å². The van der Waals surface area contributed by atoms with E-state index in [0.717, 1.165) is 5.56 Å². The van der Waals surface area contributed by atoms with E-state index in [1.165, 1.54) is 12.1 Å². The van der Waals surface area contributed by atoms with Crippen LogP contribution in [0.15, 0.2) is 23.1 Å². The zero-order chi connectivity index (χ0) is 13.1. The summed E-state index contributed by atoms with van der Waals surface area (Å²) in [5.41, 5.74) is 5.98. The van der Waals surface area contributed by atoms with E-state index in [1.54, 1.807) is 17.9 Å². The average molecular weight is 248 g/mol. The van der Waals surface area contributed by atoms with Gasteiger partial charge in [0.15, 0.2) is 5.82 Å². The molecule has 0 atom stereocenters. The second kappa shape index (κ2) is 4.80. The van der Waals surface area contributed by atoms with Crippen LogP contribution in [0.25, 0.3) is 0 Å². The highest BCUT2D eigenvalue weighted by Crippen LogP contribution is 2.12.